The molecule has 1 aliphatic carbocycles. The third-order valence-corrected chi connectivity index (χ3v) is 3.50. The molecule has 0 radical (unpaired) electrons. The van der Waals surface area contributed by atoms with E-state index >= 15 is 0 Å². The van der Waals surface area contributed by atoms with Crippen LogP contribution in [0.25, 0.3) is 0 Å². The predicted octanol–water partition coefficient (Wildman–Crippen LogP) is 4.12. The summed E-state index contributed by atoms with van der Waals surface area (Å²) in [5.74, 6) is 1.24. The maximum atomic E-state index is 10.2. The smallest absolute Gasteiger partial charge is 0.208 e. The first kappa shape index (κ1) is 13.0. The van der Waals surface area contributed by atoms with Crippen molar-refractivity contribution in [2.24, 2.45) is 0 Å². The van der Waals surface area contributed by atoms with Crippen molar-refractivity contribution in [2.75, 3.05) is 0 Å². The minimum absolute atomic E-state index is 0.676. The zero-order valence-electron chi connectivity index (χ0n) is 11.3. The molecular formula is C17H18O3. The molecule has 1 N–H and O–H groups in total. The lowest BCUT2D eigenvalue weighted by molar-refractivity contribution is -0.130. The number of aliphatic hydroxyl groups is 1. The van der Waals surface area contributed by atoms with Crippen LogP contribution >= 0.6 is 0 Å². The van der Waals surface area contributed by atoms with E-state index in [0.717, 1.165) is 24.3 Å². The Morgan fingerprint density at radius 1 is 0.750 bits per heavy atom. The molecule has 3 rings (SSSR count). The number of hydrogen-bond donors (Lipinski definition) is 1. The predicted molar refractivity (Wildman–Crippen MR) is 77.0 cm³/mol. The van der Waals surface area contributed by atoms with E-state index in [1.807, 2.05) is 54.6 Å². The average molecular weight is 270 g/mol. The van der Waals surface area contributed by atoms with Crippen LogP contribution in [-0.2, 0) is 0 Å². The monoisotopic (exact) mass is 270 g/mol. The SMILES string of the molecule is OC1(Oc2ccc(Oc3ccccc3)cc2)CCCC1. The topological polar surface area (TPSA) is 38.7 Å². The fourth-order valence-electron chi connectivity index (χ4n) is 2.45. The highest BCUT2D eigenvalue weighted by Gasteiger charge is 2.33. The van der Waals surface area contributed by atoms with Crippen LogP contribution in [0.4, 0.5) is 0 Å². The zero-order valence-corrected chi connectivity index (χ0v) is 11.3. The summed E-state index contributed by atoms with van der Waals surface area (Å²) in [5.41, 5.74) is 0. The van der Waals surface area contributed by atoms with Crippen LogP contribution < -0.4 is 9.47 Å². The standard InChI is InChI=1S/C17H18O3/c18-17(12-4-5-13-17)20-16-10-8-15(9-11-16)19-14-6-2-1-3-7-14/h1-3,6-11,18H,4-5,12-13H2. The van der Waals surface area contributed by atoms with Crippen molar-refractivity contribution in [3.63, 3.8) is 0 Å². The molecule has 2 aromatic carbocycles. The van der Waals surface area contributed by atoms with Gasteiger partial charge in [0.25, 0.3) is 0 Å². The molecule has 0 bridgehead atoms. The van der Waals surface area contributed by atoms with Crippen LogP contribution in [0.2, 0.25) is 0 Å². The molecule has 1 fully saturated rings. The Labute approximate surface area is 118 Å². The largest absolute Gasteiger partial charge is 0.463 e. The molecule has 0 aromatic heterocycles. The van der Waals surface area contributed by atoms with Crippen LogP contribution in [0.1, 0.15) is 25.7 Å². The molecule has 0 spiro atoms. The Hall–Kier alpha value is -2.00. The van der Waals surface area contributed by atoms with Gasteiger partial charge in [-0.1, -0.05) is 18.2 Å². The van der Waals surface area contributed by atoms with Crippen LogP contribution in [0.15, 0.2) is 54.6 Å². The summed E-state index contributed by atoms with van der Waals surface area (Å²) in [5, 5.41) is 10.2. The van der Waals surface area contributed by atoms with Gasteiger partial charge in [0.2, 0.25) is 5.79 Å². The first-order chi connectivity index (χ1) is 9.73. The minimum Gasteiger partial charge on any atom is -0.463 e. The number of rotatable bonds is 4. The van der Waals surface area contributed by atoms with Crippen molar-refractivity contribution in [2.45, 2.75) is 31.5 Å². The molecule has 3 heteroatoms. The first-order valence-electron chi connectivity index (χ1n) is 6.98. The van der Waals surface area contributed by atoms with Crippen LogP contribution in [0.5, 0.6) is 17.2 Å². The van der Waals surface area contributed by atoms with Gasteiger partial charge in [-0.15, -0.1) is 0 Å². The Morgan fingerprint density at radius 2 is 1.30 bits per heavy atom. The Balaban J connectivity index is 1.65. The maximum Gasteiger partial charge on any atom is 0.208 e. The second-order valence-corrected chi connectivity index (χ2v) is 5.14. The molecule has 104 valence electrons. The number of ether oxygens (including phenoxy) is 2. The van der Waals surface area contributed by atoms with Crippen molar-refractivity contribution in [3.05, 3.63) is 54.6 Å². The van der Waals surface area contributed by atoms with Crippen molar-refractivity contribution >= 4 is 0 Å². The highest BCUT2D eigenvalue weighted by Crippen LogP contribution is 2.33. The molecule has 0 amide bonds. The summed E-state index contributed by atoms with van der Waals surface area (Å²) in [6.07, 6.45) is 3.45. The Kier molecular flexibility index (Phi) is 3.61. The molecule has 0 aliphatic heterocycles. The van der Waals surface area contributed by atoms with Crippen molar-refractivity contribution < 1.29 is 14.6 Å². The van der Waals surface area contributed by atoms with Gasteiger partial charge in [0, 0.05) is 12.8 Å². The summed E-state index contributed by atoms with van der Waals surface area (Å²) < 4.78 is 11.4. The third-order valence-electron chi connectivity index (χ3n) is 3.50. The second-order valence-electron chi connectivity index (χ2n) is 5.14. The summed E-state index contributed by atoms with van der Waals surface area (Å²) >= 11 is 0. The Bertz CT molecular complexity index is 542. The van der Waals surface area contributed by atoms with E-state index in [0.29, 0.717) is 18.6 Å². The van der Waals surface area contributed by atoms with Gasteiger partial charge in [0.05, 0.1) is 0 Å². The van der Waals surface area contributed by atoms with Gasteiger partial charge in [-0.3, -0.25) is 0 Å². The molecule has 0 atom stereocenters. The fraction of sp³-hybridized carbons (Fsp3) is 0.294. The minimum atomic E-state index is -0.984. The van der Waals surface area contributed by atoms with Crippen LogP contribution in [-0.4, -0.2) is 10.9 Å². The molecule has 0 heterocycles. The first-order valence-corrected chi connectivity index (χ1v) is 6.98. The quantitative estimate of drug-likeness (QED) is 0.849. The van der Waals surface area contributed by atoms with E-state index in [2.05, 4.69) is 0 Å². The lowest BCUT2D eigenvalue weighted by Gasteiger charge is -2.23. The molecular weight excluding hydrogens is 252 g/mol. The van der Waals surface area contributed by atoms with Gasteiger partial charge >= 0.3 is 0 Å². The zero-order chi connectivity index (χ0) is 13.8. The van der Waals surface area contributed by atoms with E-state index < -0.39 is 5.79 Å². The third kappa shape index (κ3) is 3.11. The lowest BCUT2D eigenvalue weighted by Crippen LogP contribution is -2.31. The van der Waals surface area contributed by atoms with Crippen molar-refractivity contribution in [1.82, 2.24) is 0 Å². The number of benzene rings is 2. The summed E-state index contributed by atoms with van der Waals surface area (Å²) in [6, 6.07) is 17.0. The van der Waals surface area contributed by atoms with Crippen molar-refractivity contribution in [3.8, 4) is 17.2 Å². The van der Waals surface area contributed by atoms with E-state index in [1.54, 1.807) is 0 Å². The van der Waals surface area contributed by atoms with Crippen LogP contribution in [0.3, 0.4) is 0 Å². The summed E-state index contributed by atoms with van der Waals surface area (Å²) in [7, 11) is 0. The molecule has 20 heavy (non-hydrogen) atoms. The van der Waals surface area contributed by atoms with E-state index in [-0.39, 0.29) is 0 Å². The summed E-state index contributed by atoms with van der Waals surface area (Å²) in [4.78, 5) is 0. The van der Waals surface area contributed by atoms with Gasteiger partial charge in [0.15, 0.2) is 0 Å². The number of para-hydroxylation sites is 1. The lowest BCUT2D eigenvalue weighted by atomic mass is 10.2. The van der Waals surface area contributed by atoms with Gasteiger partial charge in [0.1, 0.15) is 17.2 Å². The maximum absolute atomic E-state index is 10.2. The molecule has 3 nitrogen and oxygen atoms in total. The van der Waals surface area contributed by atoms with Gasteiger partial charge in [-0.25, -0.2) is 0 Å². The van der Waals surface area contributed by atoms with Gasteiger partial charge < -0.3 is 14.6 Å². The molecule has 1 saturated carbocycles. The normalized spacial score (nSPS) is 16.9. The van der Waals surface area contributed by atoms with Crippen molar-refractivity contribution in [1.29, 1.82) is 0 Å². The molecule has 1 aliphatic rings. The molecule has 0 unspecified atom stereocenters. The van der Waals surface area contributed by atoms with E-state index in [4.69, 9.17) is 9.47 Å². The van der Waals surface area contributed by atoms with E-state index in [9.17, 15) is 5.11 Å². The highest BCUT2D eigenvalue weighted by atomic mass is 16.6. The molecule has 0 saturated heterocycles. The fourth-order valence-corrected chi connectivity index (χ4v) is 2.45. The second kappa shape index (κ2) is 5.55. The average Bonchev–Trinajstić information content (AvgIpc) is 2.89. The highest BCUT2D eigenvalue weighted by molar-refractivity contribution is 5.35. The number of hydrogen-bond acceptors (Lipinski definition) is 3. The van der Waals surface area contributed by atoms with E-state index in [1.165, 1.54) is 0 Å². The molecule has 2 aromatic rings. The van der Waals surface area contributed by atoms with Crippen LogP contribution in [0, 0.1) is 0 Å². The summed E-state index contributed by atoms with van der Waals surface area (Å²) in [6.45, 7) is 0. The Morgan fingerprint density at radius 3 is 1.95 bits per heavy atom. The van der Waals surface area contributed by atoms with Gasteiger partial charge in [-0.05, 0) is 49.2 Å². The van der Waals surface area contributed by atoms with Gasteiger partial charge in [-0.2, -0.15) is 0 Å².